The summed E-state index contributed by atoms with van der Waals surface area (Å²) in [5.74, 6) is -0.962. The molecule has 2 rings (SSSR count). The van der Waals surface area contributed by atoms with Gasteiger partial charge in [-0.1, -0.05) is 29.8 Å². The van der Waals surface area contributed by atoms with Crippen LogP contribution in [0.4, 0.5) is 0 Å². The van der Waals surface area contributed by atoms with Crippen LogP contribution in [0.25, 0.3) is 11.3 Å². The Kier molecular flexibility index (Phi) is 4.38. The van der Waals surface area contributed by atoms with E-state index < -0.39 is 5.97 Å². The third kappa shape index (κ3) is 3.48. The smallest absolute Gasteiger partial charge is 0.335 e. The lowest BCUT2D eigenvalue weighted by Gasteiger charge is -2.11. The summed E-state index contributed by atoms with van der Waals surface area (Å²) in [5.41, 5.74) is 2.88. The molecule has 0 aliphatic carbocycles. The van der Waals surface area contributed by atoms with Gasteiger partial charge in [0.1, 0.15) is 0 Å². The van der Waals surface area contributed by atoms with E-state index >= 15 is 0 Å². The molecular weight excluding hydrogens is 266 g/mol. The molecule has 108 valence electrons. The highest BCUT2D eigenvalue weighted by atomic mass is 16.4. The van der Waals surface area contributed by atoms with Gasteiger partial charge in [-0.05, 0) is 37.6 Å². The van der Waals surface area contributed by atoms with E-state index in [9.17, 15) is 9.59 Å². The first-order valence-corrected chi connectivity index (χ1v) is 6.66. The number of aromatic carboxylic acids is 1. The number of allylic oxidation sites excluding steroid dienone is 2. The highest BCUT2D eigenvalue weighted by Crippen LogP contribution is 2.19. The number of carboxylic acids is 1. The van der Waals surface area contributed by atoms with Crippen molar-refractivity contribution in [3.8, 4) is 11.3 Å². The second kappa shape index (κ2) is 6.22. The first kappa shape index (κ1) is 14.8. The number of aromatic nitrogens is 1. The van der Waals surface area contributed by atoms with Crippen molar-refractivity contribution in [3.63, 3.8) is 0 Å². The minimum atomic E-state index is -0.962. The van der Waals surface area contributed by atoms with Crippen LogP contribution in [0.1, 0.15) is 24.2 Å². The summed E-state index contributed by atoms with van der Waals surface area (Å²) in [4.78, 5) is 22.9. The Morgan fingerprint density at radius 2 is 1.81 bits per heavy atom. The van der Waals surface area contributed by atoms with Gasteiger partial charge in [0.2, 0.25) is 0 Å². The van der Waals surface area contributed by atoms with E-state index in [0.29, 0.717) is 6.54 Å². The summed E-state index contributed by atoms with van der Waals surface area (Å²) in [6.45, 7) is 4.46. The Hall–Kier alpha value is -2.62. The summed E-state index contributed by atoms with van der Waals surface area (Å²) in [6, 6.07) is 11.6. The SMILES string of the molecule is CC(C)=CCn1c(-c2ccc(C(=O)O)cc2)cccc1=O. The summed E-state index contributed by atoms with van der Waals surface area (Å²) < 4.78 is 1.67. The molecule has 0 radical (unpaired) electrons. The van der Waals surface area contributed by atoms with Gasteiger partial charge in [-0.15, -0.1) is 0 Å². The molecule has 1 N–H and O–H groups in total. The molecule has 0 atom stereocenters. The van der Waals surface area contributed by atoms with Crippen molar-refractivity contribution in [1.29, 1.82) is 0 Å². The number of rotatable bonds is 4. The van der Waals surface area contributed by atoms with Crippen LogP contribution in [0, 0.1) is 0 Å². The molecule has 0 amide bonds. The van der Waals surface area contributed by atoms with Crippen molar-refractivity contribution in [2.45, 2.75) is 20.4 Å². The Morgan fingerprint density at radius 3 is 2.38 bits per heavy atom. The lowest BCUT2D eigenvalue weighted by molar-refractivity contribution is 0.0697. The molecule has 0 saturated carbocycles. The van der Waals surface area contributed by atoms with Gasteiger partial charge in [-0.3, -0.25) is 4.79 Å². The molecule has 0 saturated heterocycles. The van der Waals surface area contributed by atoms with Crippen LogP contribution in [-0.4, -0.2) is 15.6 Å². The molecule has 0 aliphatic heterocycles. The second-order valence-electron chi connectivity index (χ2n) is 5.02. The summed E-state index contributed by atoms with van der Waals surface area (Å²) >= 11 is 0. The van der Waals surface area contributed by atoms with Gasteiger partial charge in [0, 0.05) is 12.6 Å². The quantitative estimate of drug-likeness (QED) is 0.877. The lowest BCUT2D eigenvalue weighted by atomic mass is 10.1. The van der Waals surface area contributed by atoms with Crippen LogP contribution < -0.4 is 5.56 Å². The molecule has 0 spiro atoms. The van der Waals surface area contributed by atoms with E-state index in [-0.39, 0.29) is 11.1 Å². The van der Waals surface area contributed by atoms with Gasteiger partial charge in [0.05, 0.1) is 11.3 Å². The first-order chi connectivity index (χ1) is 9.99. The van der Waals surface area contributed by atoms with Gasteiger partial charge in [0.15, 0.2) is 0 Å². The summed E-state index contributed by atoms with van der Waals surface area (Å²) in [6.07, 6.45) is 1.98. The highest BCUT2D eigenvalue weighted by molar-refractivity contribution is 5.88. The van der Waals surface area contributed by atoms with Gasteiger partial charge in [0.25, 0.3) is 5.56 Å². The standard InChI is InChI=1S/C17H17NO3/c1-12(2)10-11-18-15(4-3-5-16(18)19)13-6-8-14(9-7-13)17(20)21/h3-10H,11H2,1-2H3,(H,20,21). The number of pyridine rings is 1. The Bertz CT molecular complexity index is 735. The molecule has 0 aliphatic rings. The number of benzene rings is 1. The molecule has 4 nitrogen and oxygen atoms in total. The molecule has 1 heterocycles. The highest BCUT2D eigenvalue weighted by Gasteiger charge is 2.07. The number of carbonyl (C=O) groups is 1. The molecule has 0 unspecified atom stereocenters. The van der Waals surface area contributed by atoms with Crippen LogP contribution in [0.2, 0.25) is 0 Å². The Balaban J connectivity index is 2.48. The topological polar surface area (TPSA) is 59.3 Å². The van der Waals surface area contributed by atoms with Crippen molar-refractivity contribution >= 4 is 5.97 Å². The Morgan fingerprint density at radius 1 is 1.14 bits per heavy atom. The zero-order chi connectivity index (χ0) is 15.4. The summed E-state index contributed by atoms with van der Waals surface area (Å²) in [5, 5.41) is 8.93. The van der Waals surface area contributed by atoms with Gasteiger partial charge in [-0.25, -0.2) is 4.79 Å². The monoisotopic (exact) mass is 283 g/mol. The van der Waals surface area contributed by atoms with Crippen molar-refractivity contribution in [2.24, 2.45) is 0 Å². The maximum absolute atomic E-state index is 12.0. The van der Waals surface area contributed by atoms with E-state index in [4.69, 9.17) is 5.11 Å². The number of hydrogen-bond donors (Lipinski definition) is 1. The van der Waals surface area contributed by atoms with Crippen molar-refractivity contribution < 1.29 is 9.90 Å². The molecular formula is C17H17NO3. The van der Waals surface area contributed by atoms with Crippen molar-refractivity contribution in [1.82, 2.24) is 4.57 Å². The fraction of sp³-hybridized carbons (Fsp3) is 0.176. The van der Waals surface area contributed by atoms with Crippen molar-refractivity contribution in [3.05, 3.63) is 70.0 Å². The largest absolute Gasteiger partial charge is 0.478 e. The minimum Gasteiger partial charge on any atom is -0.478 e. The Labute approximate surface area is 123 Å². The lowest BCUT2D eigenvalue weighted by Crippen LogP contribution is -2.19. The van der Waals surface area contributed by atoms with Gasteiger partial charge in [-0.2, -0.15) is 0 Å². The third-order valence-corrected chi connectivity index (χ3v) is 3.16. The fourth-order valence-electron chi connectivity index (χ4n) is 2.02. The van der Waals surface area contributed by atoms with Crippen LogP contribution >= 0.6 is 0 Å². The number of hydrogen-bond acceptors (Lipinski definition) is 2. The van der Waals surface area contributed by atoms with Gasteiger partial charge < -0.3 is 9.67 Å². The normalized spacial score (nSPS) is 10.2. The fourth-order valence-corrected chi connectivity index (χ4v) is 2.02. The second-order valence-corrected chi connectivity index (χ2v) is 5.02. The predicted molar refractivity (Wildman–Crippen MR) is 82.5 cm³/mol. The minimum absolute atomic E-state index is 0.0766. The van der Waals surface area contributed by atoms with Crippen LogP contribution in [-0.2, 0) is 6.54 Å². The van der Waals surface area contributed by atoms with E-state index in [1.165, 1.54) is 6.07 Å². The van der Waals surface area contributed by atoms with E-state index in [1.54, 1.807) is 34.9 Å². The van der Waals surface area contributed by atoms with Crippen LogP contribution in [0.5, 0.6) is 0 Å². The average molecular weight is 283 g/mol. The number of nitrogens with zero attached hydrogens (tertiary/aromatic N) is 1. The predicted octanol–water partition coefficient (Wildman–Crippen LogP) is 3.18. The molecule has 2 aromatic rings. The molecule has 4 heteroatoms. The van der Waals surface area contributed by atoms with E-state index in [0.717, 1.165) is 16.8 Å². The van der Waals surface area contributed by atoms with Crippen LogP contribution in [0.3, 0.4) is 0 Å². The maximum Gasteiger partial charge on any atom is 0.335 e. The third-order valence-electron chi connectivity index (χ3n) is 3.16. The zero-order valence-corrected chi connectivity index (χ0v) is 12.0. The van der Waals surface area contributed by atoms with E-state index in [2.05, 4.69) is 0 Å². The van der Waals surface area contributed by atoms with Crippen molar-refractivity contribution in [2.75, 3.05) is 0 Å². The van der Waals surface area contributed by atoms with E-state index in [1.807, 2.05) is 26.0 Å². The molecule has 1 aromatic heterocycles. The van der Waals surface area contributed by atoms with Gasteiger partial charge >= 0.3 is 5.97 Å². The average Bonchev–Trinajstić information content (AvgIpc) is 2.45. The maximum atomic E-state index is 12.0. The molecule has 21 heavy (non-hydrogen) atoms. The first-order valence-electron chi connectivity index (χ1n) is 6.66. The molecule has 0 bridgehead atoms. The van der Waals surface area contributed by atoms with Crippen LogP contribution in [0.15, 0.2) is 58.9 Å². The summed E-state index contributed by atoms with van der Waals surface area (Å²) in [7, 11) is 0. The number of carboxylic acid groups (broad SMARTS) is 1. The zero-order valence-electron chi connectivity index (χ0n) is 12.0. The molecule has 0 fully saturated rings. The molecule has 1 aromatic carbocycles.